The van der Waals surface area contributed by atoms with Gasteiger partial charge in [-0.05, 0) is 25.3 Å². The van der Waals surface area contributed by atoms with Gasteiger partial charge in [0.05, 0.1) is 17.6 Å². The summed E-state index contributed by atoms with van der Waals surface area (Å²) in [7, 11) is 1.61. The van der Waals surface area contributed by atoms with Crippen molar-refractivity contribution in [1.29, 1.82) is 0 Å². The lowest BCUT2D eigenvalue weighted by Crippen LogP contribution is -2.51. The van der Waals surface area contributed by atoms with Gasteiger partial charge in [0.1, 0.15) is 6.04 Å². The lowest BCUT2D eigenvalue weighted by atomic mass is 10.0. The van der Waals surface area contributed by atoms with E-state index in [0.29, 0.717) is 6.54 Å². The summed E-state index contributed by atoms with van der Waals surface area (Å²) in [5.74, 6) is -0.106. The molecule has 0 radical (unpaired) electrons. The summed E-state index contributed by atoms with van der Waals surface area (Å²) in [5.41, 5.74) is 1.66. The number of carbonyl (C=O) groups is 2. The number of nitrogens with zero attached hydrogens (tertiary/aromatic N) is 2. The van der Waals surface area contributed by atoms with Gasteiger partial charge in [-0.25, -0.2) is 0 Å². The summed E-state index contributed by atoms with van der Waals surface area (Å²) in [6.07, 6.45) is 2.90. The van der Waals surface area contributed by atoms with Gasteiger partial charge in [0.15, 0.2) is 0 Å². The molecule has 6 heteroatoms. The highest BCUT2D eigenvalue weighted by molar-refractivity contribution is 5.91. The van der Waals surface area contributed by atoms with E-state index in [0.717, 1.165) is 35.9 Å². The molecule has 2 amide bonds. The van der Waals surface area contributed by atoms with Crippen LogP contribution in [0.5, 0.6) is 0 Å². The molecule has 0 aliphatic carbocycles. The minimum atomic E-state index is -0.347. The number of piperidine rings is 1. The third-order valence-electron chi connectivity index (χ3n) is 4.24. The second-order valence-corrected chi connectivity index (χ2v) is 5.61. The molecule has 1 unspecified atom stereocenters. The van der Waals surface area contributed by atoms with Crippen molar-refractivity contribution in [2.75, 3.05) is 13.6 Å². The molecule has 2 aromatic rings. The van der Waals surface area contributed by atoms with E-state index in [4.69, 9.17) is 0 Å². The number of carbonyl (C=O) groups excluding carboxylic acids is 2. The molecule has 1 saturated heterocycles. The van der Waals surface area contributed by atoms with E-state index in [1.807, 2.05) is 24.3 Å². The van der Waals surface area contributed by atoms with Crippen LogP contribution in [-0.4, -0.2) is 46.5 Å². The SMILES string of the molecule is CNC(=O)C1CCCCN1C(=O)Cc1[nH]nc2ccccc12. The van der Waals surface area contributed by atoms with E-state index < -0.39 is 0 Å². The van der Waals surface area contributed by atoms with E-state index >= 15 is 0 Å². The van der Waals surface area contributed by atoms with Gasteiger partial charge >= 0.3 is 0 Å². The van der Waals surface area contributed by atoms with E-state index in [9.17, 15) is 9.59 Å². The highest BCUT2D eigenvalue weighted by Gasteiger charge is 2.31. The summed E-state index contributed by atoms with van der Waals surface area (Å²) < 4.78 is 0. The molecular formula is C16H20N4O2. The first-order chi connectivity index (χ1) is 10.7. The average Bonchev–Trinajstić information content (AvgIpc) is 2.97. The molecule has 0 bridgehead atoms. The van der Waals surface area contributed by atoms with Crippen molar-refractivity contribution in [3.63, 3.8) is 0 Å². The van der Waals surface area contributed by atoms with Crippen LogP contribution in [0.25, 0.3) is 10.9 Å². The number of fused-ring (bicyclic) bond motifs is 1. The Balaban J connectivity index is 1.79. The van der Waals surface area contributed by atoms with Crippen LogP contribution >= 0.6 is 0 Å². The number of amides is 2. The third kappa shape index (κ3) is 2.68. The standard InChI is InChI=1S/C16H20N4O2/c1-17-16(22)14-8-4-5-9-20(14)15(21)10-13-11-6-2-3-7-12(11)18-19-13/h2-3,6-7,14H,4-5,8-10H2,1H3,(H,17,22)(H,18,19). The first-order valence-electron chi connectivity index (χ1n) is 7.63. The molecule has 2 N–H and O–H groups in total. The maximum Gasteiger partial charge on any atom is 0.242 e. The number of aromatic nitrogens is 2. The van der Waals surface area contributed by atoms with Crippen molar-refractivity contribution >= 4 is 22.7 Å². The summed E-state index contributed by atoms with van der Waals surface area (Å²) in [6, 6.07) is 7.36. The van der Waals surface area contributed by atoms with Crippen molar-refractivity contribution in [2.45, 2.75) is 31.7 Å². The lowest BCUT2D eigenvalue weighted by Gasteiger charge is -2.34. The number of nitrogens with one attached hydrogen (secondary N) is 2. The lowest BCUT2D eigenvalue weighted by molar-refractivity contribution is -0.141. The quantitative estimate of drug-likeness (QED) is 0.895. The highest BCUT2D eigenvalue weighted by atomic mass is 16.2. The number of hydrogen-bond acceptors (Lipinski definition) is 3. The smallest absolute Gasteiger partial charge is 0.242 e. The number of rotatable bonds is 3. The Morgan fingerprint density at radius 1 is 1.36 bits per heavy atom. The number of likely N-dealkylation sites (N-methyl/N-ethyl adjacent to an activating group) is 1. The summed E-state index contributed by atoms with van der Waals surface area (Å²) in [6.45, 7) is 0.642. The van der Waals surface area contributed by atoms with Gasteiger partial charge < -0.3 is 10.2 Å². The van der Waals surface area contributed by atoms with Crippen LogP contribution in [0.15, 0.2) is 24.3 Å². The minimum absolute atomic E-state index is 0.0253. The van der Waals surface area contributed by atoms with E-state index in [1.165, 1.54) is 0 Å². The molecule has 22 heavy (non-hydrogen) atoms. The van der Waals surface area contributed by atoms with E-state index in [1.54, 1.807) is 11.9 Å². The van der Waals surface area contributed by atoms with Crippen LogP contribution in [0.3, 0.4) is 0 Å². The van der Waals surface area contributed by atoms with Gasteiger partial charge in [-0.15, -0.1) is 0 Å². The average molecular weight is 300 g/mol. The van der Waals surface area contributed by atoms with Crippen LogP contribution in [-0.2, 0) is 16.0 Å². The summed E-state index contributed by atoms with van der Waals surface area (Å²) in [4.78, 5) is 26.3. The zero-order valence-electron chi connectivity index (χ0n) is 12.6. The van der Waals surface area contributed by atoms with Crippen molar-refractivity contribution in [1.82, 2.24) is 20.4 Å². The molecule has 2 heterocycles. The second kappa shape index (κ2) is 6.17. The van der Waals surface area contributed by atoms with Gasteiger partial charge in [0.25, 0.3) is 0 Å². The molecule has 6 nitrogen and oxygen atoms in total. The van der Waals surface area contributed by atoms with Gasteiger partial charge in [0.2, 0.25) is 11.8 Å². The topological polar surface area (TPSA) is 78.1 Å². The number of likely N-dealkylation sites (tertiary alicyclic amines) is 1. The molecule has 0 saturated carbocycles. The molecule has 0 spiro atoms. The molecular weight excluding hydrogens is 280 g/mol. The van der Waals surface area contributed by atoms with Crippen LogP contribution in [0, 0.1) is 0 Å². The number of aromatic amines is 1. The van der Waals surface area contributed by atoms with Crippen molar-refractivity contribution in [2.24, 2.45) is 0 Å². The summed E-state index contributed by atoms with van der Waals surface area (Å²) >= 11 is 0. The summed E-state index contributed by atoms with van der Waals surface area (Å²) in [5, 5.41) is 10.8. The van der Waals surface area contributed by atoms with Gasteiger partial charge in [-0.1, -0.05) is 18.2 Å². The minimum Gasteiger partial charge on any atom is -0.357 e. The molecule has 1 aliphatic heterocycles. The Hall–Kier alpha value is -2.37. The number of benzene rings is 1. The van der Waals surface area contributed by atoms with Crippen molar-refractivity contribution in [3.8, 4) is 0 Å². The molecule has 1 aliphatic rings. The molecule has 1 aromatic heterocycles. The van der Waals surface area contributed by atoms with Crippen LogP contribution in [0.4, 0.5) is 0 Å². The predicted octanol–water partition coefficient (Wildman–Crippen LogP) is 1.23. The third-order valence-corrected chi connectivity index (χ3v) is 4.24. The molecule has 116 valence electrons. The zero-order valence-corrected chi connectivity index (χ0v) is 12.6. The Morgan fingerprint density at radius 3 is 3.00 bits per heavy atom. The van der Waals surface area contributed by atoms with Gasteiger partial charge in [0, 0.05) is 19.0 Å². The monoisotopic (exact) mass is 300 g/mol. The van der Waals surface area contributed by atoms with Crippen LogP contribution in [0.1, 0.15) is 25.0 Å². The zero-order chi connectivity index (χ0) is 15.5. The van der Waals surface area contributed by atoms with E-state index in [2.05, 4.69) is 15.5 Å². The fraction of sp³-hybridized carbons (Fsp3) is 0.438. The number of para-hydroxylation sites is 1. The maximum atomic E-state index is 12.6. The Kier molecular flexibility index (Phi) is 4.09. The Bertz CT molecular complexity index is 694. The number of hydrogen-bond donors (Lipinski definition) is 2. The highest BCUT2D eigenvalue weighted by Crippen LogP contribution is 2.20. The largest absolute Gasteiger partial charge is 0.357 e. The number of H-pyrrole nitrogens is 1. The maximum absolute atomic E-state index is 12.6. The first-order valence-corrected chi connectivity index (χ1v) is 7.63. The molecule has 3 rings (SSSR count). The Labute approximate surface area is 128 Å². The Morgan fingerprint density at radius 2 is 2.18 bits per heavy atom. The van der Waals surface area contributed by atoms with Gasteiger partial charge in [-0.3, -0.25) is 14.7 Å². The first kappa shape index (κ1) is 14.6. The second-order valence-electron chi connectivity index (χ2n) is 5.61. The predicted molar refractivity (Wildman–Crippen MR) is 83.2 cm³/mol. The molecule has 1 fully saturated rings. The van der Waals surface area contributed by atoms with Crippen molar-refractivity contribution in [3.05, 3.63) is 30.0 Å². The molecule has 1 aromatic carbocycles. The van der Waals surface area contributed by atoms with Crippen LogP contribution < -0.4 is 5.32 Å². The fourth-order valence-electron chi connectivity index (χ4n) is 3.07. The van der Waals surface area contributed by atoms with Gasteiger partial charge in [-0.2, -0.15) is 5.10 Å². The van der Waals surface area contributed by atoms with Crippen molar-refractivity contribution < 1.29 is 9.59 Å². The normalized spacial score (nSPS) is 18.4. The van der Waals surface area contributed by atoms with Crippen LogP contribution in [0.2, 0.25) is 0 Å². The molecule has 1 atom stereocenters. The van der Waals surface area contributed by atoms with E-state index in [-0.39, 0.29) is 24.3 Å². The fourth-order valence-corrected chi connectivity index (χ4v) is 3.07.